The smallest absolute Gasteiger partial charge is 0.217 e. The van der Waals surface area contributed by atoms with E-state index >= 15 is 0 Å². The van der Waals surface area contributed by atoms with Crippen molar-refractivity contribution in [2.45, 2.75) is 50.7 Å². The highest BCUT2D eigenvalue weighted by Crippen LogP contribution is 2.44. The molecular formula is C13H16FN3O. The monoisotopic (exact) mass is 249 g/mol. The van der Waals surface area contributed by atoms with Crippen molar-refractivity contribution in [3.8, 4) is 0 Å². The second-order valence-electron chi connectivity index (χ2n) is 5.91. The first-order valence-corrected chi connectivity index (χ1v) is 6.87. The van der Waals surface area contributed by atoms with Crippen LogP contribution in [0.2, 0.25) is 0 Å². The number of alkyl halides is 1. The van der Waals surface area contributed by atoms with E-state index in [4.69, 9.17) is 0 Å². The Hall–Kier alpha value is -1.26. The second kappa shape index (κ2) is 3.62. The molecule has 96 valence electrons. The van der Waals surface area contributed by atoms with E-state index in [2.05, 4.69) is 10.1 Å². The van der Waals surface area contributed by atoms with E-state index in [0.29, 0.717) is 12.2 Å². The fourth-order valence-electron chi connectivity index (χ4n) is 2.83. The first kappa shape index (κ1) is 10.6. The Morgan fingerprint density at radius 3 is 2.78 bits per heavy atom. The molecule has 0 saturated heterocycles. The first-order chi connectivity index (χ1) is 8.72. The van der Waals surface area contributed by atoms with Crippen LogP contribution in [0.3, 0.4) is 0 Å². The Morgan fingerprint density at radius 2 is 2.11 bits per heavy atom. The van der Waals surface area contributed by atoms with Gasteiger partial charge in [0.25, 0.3) is 0 Å². The van der Waals surface area contributed by atoms with Gasteiger partial charge in [-0.3, -0.25) is 4.79 Å². The van der Waals surface area contributed by atoms with Crippen LogP contribution in [0.25, 0.3) is 0 Å². The molecule has 0 bridgehead atoms. The minimum Gasteiger partial charge on any atom is -0.290 e. The second-order valence-corrected chi connectivity index (χ2v) is 5.91. The number of hydrogen-bond donors (Lipinski definition) is 0. The predicted octanol–water partition coefficient (Wildman–Crippen LogP) is 2.63. The third-order valence-corrected chi connectivity index (χ3v) is 4.23. The van der Waals surface area contributed by atoms with Gasteiger partial charge in [0.15, 0.2) is 12.0 Å². The van der Waals surface area contributed by atoms with Crippen molar-refractivity contribution in [2.24, 2.45) is 11.8 Å². The third kappa shape index (κ3) is 1.68. The summed E-state index contributed by atoms with van der Waals surface area (Å²) in [4.78, 5) is 16.0. The Morgan fingerprint density at radius 1 is 1.33 bits per heavy atom. The molecule has 0 unspecified atom stereocenters. The van der Waals surface area contributed by atoms with E-state index in [1.54, 1.807) is 4.68 Å². The summed E-state index contributed by atoms with van der Waals surface area (Å²) < 4.78 is 15.6. The zero-order chi connectivity index (χ0) is 12.3. The Kier molecular flexibility index (Phi) is 2.14. The average molecular weight is 249 g/mol. The number of rotatable bonds is 4. The van der Waals surface area contributed by atoms with E-state index in [0.717, 1.165) is 25.2 Å². The summed E-state index contributed by atoms with van der Waals surface area (Å²) in [7, 11) is 0. The van der Waals surface area contributed by atoms with Crippen LogP contribution in [0.4, 0.5) is 4.39 Å². The largest absolute Gasteiger partial charge is 0.290 e. The molecule has 2 aliphatic carbocycles. The van der Waals surface area contributed by atoms with E-state index in [1.165, 1.54) is 12.8 Å². The maximum absolute atomic E-state index is 13.9. The average Bonchev–Trinajstić information content (AvgIpc) is 3.24. The van der Waals surface area contributed by atoms with Gasteiger partial charge >= 0.3 is 0 Å². The van der Waals surface area contributed by atoms with Gasteiger partial charge < -0.3 is 0 Å². The lowest BCUT2D eigenvalue weighted by atomic mass is 10.1. The molecule has 1 aromatic rings. The van der Waals surface area contributed by atoms with Crippen molar-refractivity contribution >= 4 is 5.78 Å². The van der Waals surface area contributed by atoms with Crippen LogP contribution in [-0.2, 0) is 0 Å². The van der Waals surface area contributed by atoms with Gasteiger partial charge in [0.1, 0.15) is 0 Å². The molecule has 0 radical (unpaired) electrons. The molecule has 5 heteroatoms. The molecule has 2 heterocycles. The lowest BCUT2D eigenvalue weighted by molar-refractivity contribution is 0.0956. The number of carbonyl (C=O) groups is 1. The molecule has 0 N–H and O–H groups in total. The normalized spacial score (nSPS) is 30.5. The fourth-order valence-corrected chi connectivity index (χ4v) is 2.83. The van der Waals surface area contributed by atoms with E-state index in [9.17, 15) is 9.18 Å². The minimum atomic E-state index is -1.04. The molecule has 1 aromatic heterocycles. The number of hydrogen-bond acceptors (Lipinski definition) is 3. The van der Waals surface area contributed by atoms with Crippen molar-refractivity contribution in [1.29, 1.82) is 0 Å². The molecular weight excluding hydrogens is 233 g/mol. The predicted molar refractivity (Wildman–Crippen MR) is 61.9 cm³/mol. The fraction of sp³-hybridized carbons (Fsp3) is 0.769. The van der Waals surface area contributed by atoms with Crippen molar-refractivity contribution < 1.29 is 9.18 Å². The highest BCUT2D eigenvalue weighted by atomic mass is 19.1. The standard InChI is InChI=1S/C13H16FN3O/c14-10-6-9(5-7-1-2-7)17-13(10)15-12(16-17)11(18)8-3-4-8/h7-10H,1-6H2/t9-,10+/m1/s1. The molecule has 0 aromatic carbocycles. The number of aromatic nitrogens is 3. The topological polar surface area (TPSA) is 47.8 Å². The number of halogens is 1. The summed E-state index contributed by atoms with van der Waals surface area (Å²) in [5.41, 5.74) is 0. The Bertz CT molecular complexity index is 504. The number of fused-ring (bicyclic) bond motifs is 1. The summed E-state index contributed by atoms with van der Waals surface area (Å²) in [6.45, 7) is 0. The molecule has 3 aliphatic rings. The molecule has 2 atom stereocenters. The summed E-state index contributed by atoms with van der Waals surface area (Å²) >= 11 is 0. The number of nitrogens with zero attached hydrogens (tertiary/aromatic N) is 3. The zero-order valence-electron chi connectivity index (χ0n) is 10.2. The first-order valence-electron chi connectivity index (χ1n) is 6.87. The SMILES string of the molecule is O=C(c1nc2n(n1)[C@H](CC1CC1)C[C@@H]2F)C1CC1. The molecule has 2 fully saturated rings. The van der Waals surface area contributed by atoms with Crippen LogP contribution < -0.4 is 0 Å². The number of carbonyl (C=O) groups excluding carboxylic acids is 1. The number of Topliss-reactive ketones (excluding diaryl/α,β-unsaturated/α-hetero) is 1. The zero-order valence-corrected chi connectivity index (χ0v) is 10.2. The number of ketones is 1. The van der Waals surface area contributed by atoms with Gasteiger partial charge in [-0.15, -0.1) is 5.10 Å². The quantitative estimate of drug-likeness (QED) is 0.771. The third-order valence-electron chi connectivity index (χ3n) is 4.23. The highest BCUT2D eigenvalue weighted by molar-refractivity contribution is 5.95. The van der Waals surface area contributed by atoms with Crippen LogP contribution in [0.1, 0.15) is 67.2 Å². The Labute approximate surface area is 105 Å². The summed E-state index contributed by atoms with van der Waals surface area (Å²) in [6.07, 6.45) is 4.83. The van der Waals surface area contributed by atoms with Gasteiger partial charge in [-0.1, -0.05) is 12.8 Å². The molecule has 0 amide bonds. The lowest BCUT2D eigenvalue weighted by Gasteiger charge is -2.09. The van der Waals surface area contributed by atoms with Crippen molar-refractivity contribution in [2.75, 3.05) is 0 Å². The van der Waals surface area contributed by atoms with E-state index < -0.39 is 6.17 Å². The van der Waals surface area contributed by atoms with Crippen LogP contribution in [-0.4, -0.2) is 20.5 Å². The van der Waals surface area contributed by atoms with Crippen LogP contribution >= 0.6 is 0 Å². The molecule has 4 nitrogen and oxygen atoms in total. The summed E-state index contributed by atoms with van der Waals surface area (Å²) in [5.74, 6) is 1.47. The summed E-state index contributed by atoms with van der Waals surface area (Å²) in [6, 6.07) is 0.121. The van der Waals surface area contributed by atoms with Gasteiger partial charge in [0, 0.05) is 12.3 Å². The van der Waals surface area contributed by atoms with Gasteiger partial charge in [0.05, 0.1) is 6.04 Å². The van der Waals surface area contributed by atoms with Crippen molar-refractivity contribution in [3.05, 3.63) is 11.6 Å². The van der Waals surface area contributed by atoms with Crippen LogP contribution in [0, 0.1) is 11.8 Å². The van der Waals surface area contributed by atoms with Gasteiger partial charge in [-0.2, -0.15) is 0 Å². The van der Waals surface area contributed by atoms with Crippen LogP contribution in [0.15, 0.2) is 0 Å². The molecule has 2 saturated carbocycles. The minimum absolute atomic E-state index is 0.00859. The maximum Gasteiger partial charge on any atom is 0.217 e. The van der Waals surface area contributed by atoms with E-state index in [1.807, 2.05) is 0 Å². The van der Waals surface area contributed by atoms with Crippen LogP contribution in [0.5, 0.6) is 0 Å². The Balaban J connectivity index is 1.61. The maximum atomic E-state index is 13.9. The van der Waals surface area contributed by atoms with Gasteiger partial charge in [-0.05, 0) is 25.2 Å². The van der Waals surface area contributed by atoms with Crippen molar-refractivity contribution in [1.82, 2.24) is 14.8 Å². The van der Waals surface area contributed by atoms with E-state index in [-0.39, 0.29) is 23.6 Å². The molecule has 1 aliphatic heterocycles. The van der Waals surface area contributed by atoms with Gasteiger partial charge in [0.2, 0.25) is 11.6 Å². The molecule has 0 spiro atoms. The summed E-state index contributed by atoms with van der Waals surface area (Å²) in [5, 5.41) is 4.28. The molecule has 18 heavy (non-hydrogen) atoms. The molecule has 4 rings (SSSR count). The lowest BCUT2D eigenvalue weighted by Crippen LogP contribution is -2.10. The highest BCUT2D eigenvalue weighted by Gasteiger charge is 2.40. The van der Waals surface area contributed by atoms with Crippen molar-refractivity contribution in [3.63, 3.8) is 0 Å². The van der Waals surface area contributed by atoms with Gasteiger partial charge in [-0.25, -0.2) is 14.1 Å².